The van der Waals surface area contributed by atoms with Gasteiger partial charge in [0, 0.05) is 28.2 Å². The van der Waals surface area contributed by atoms with Gasteiger partial charge in [0.1, 0.15) is 0 Å². The molecule has 2 rings (SSSR count). The number of carbonyl (C=O) groups excluding carboxylic acids is 1. The molecule has 1 fully saturated rings. The molecule has 1 aliphatic carbocycles. The van der Waals surface area contributed by atoms with Crippen molar-refractivity contribution in [3.05, 3.63) is 21.9 Å². The summed E-state index contributed by atoms with van der Waals surface area (Å²) in [4.78, 5) is 13.0. The van der Waals surface area contributed by atoms with Gasteiger partial charge in [-0.3, -0.25) is 4.79 Å². The summed E-state index contributed by atoms with van der Waals surface area (Å²) in [5.74, 6) is 6.31. The lowest BCUT2D eigenvalue weighted by Crippen LogP contribution is -2.28. The van der Waals surface area contributed by atoms with Crippen molar-refractivity contribution in [1.82, 2.24) is 5.32 Å². The lowest BCUT2D eigenvalue weighted by atomic mass is 10.1. The van der Waals surface area contributed by atoms with Crippen LogP contribution in [0.15, 0.2) is 11.4 Å². The molecule has 0 unspecified atom stereocenters. The summed E-state index contributed by atoms with van der Waals surface area (Å²) in [6.07, 6.45) is 4.94. The van der Waals surface area contributed by atoms with Gasteiger partial charge >= 0.3 is 0 Å². The van der Waals surface area contributed by atoms with Crippen LogP contribution in [0.5, 0.6) is 0 Å². The number of carbonyl (C=O) groups is 1. The number of hydrogen-bond donors (Lipinski definition) is 2. The van der Waals surface area contributed by atoms with Gasteiger partial charge in [-0.05, 0) is 18.9 Å². The first-order chi connectivity index (χ1) is 9.29. The number of thiophene rings is 1. The minimum absolute atomic E-state index is 0.0987. The molecule has 1 amide bonds. The molecule has 1 aliphatic rings. The van der Waals surface area contributed by atoms with E-state index in [1.807, 2.05) is 11.4 Å². The van der Waals surface area contributed by atoms with E-state index in [0.29, 0.717) is 13.0 Å². The van der Waals surface area contributed by atoms with Crippen LogP contribution in [0.1, 0.15) is 42.5 Å². The molecule has 4 heteroatoms. The van der Waals surface area contributed by atoms with Gasteiger partial charge in [-0.15, -0.1) is 11.3 Å². The van der Waals surface area contributed by atoms with Crippen molar-refractivity contribution < 1.29 is 9.90 Å². The van der Waals surface area contributed by atoms with Crippen LogP contribution in [0.2, 0.25) is 0 Å². The molecule has 0 spiro atoms. The largest absolute Gasteiger partial charge is 0.395 e. The fourth-order valence-corrected chi connectivity index (χ4v) is 3.02. The highest BCUT2D eigenvalue weighted by atomic mass is 32.1. The van der Waals surface area contributed by atoms with Crippen LogP contribution in [-0.4, -0.2) is 17.6 Å². The topological polar surface area (TPSA) is 49.3 Å². The highest BCUT2D eigenvalue weighted by Crippen LogP contribution is 2.24. The van der Waals surface area contributed by atoms with E-state index in [0.717, 1.165) is 23.3 Å². The van der Waals surface area contributed by atoms with Crippen LogP contribution < -0.4 is 5.32 Å². The molecule has 1 aromatic rings. The standard InChI is InChI=1S/C15H19NO2S/c17-8-4-3-5-12-9-14(19-11-12)10-16-15(18)13-6-1-2-7-13/h9,11,13,17H,1-2,4,6-8,10H2,(H,16,18). The van der Waals surface area contributed by atoms with E-state index in [1.165, 1.54) is 12.8 Å². The summed E-state index contributed by atoms with van der Waals surface area (Å²) in [5, 5.41) is 13.6. The molecule has 0 radical (unpaired) electrons. The molecule has 19 heavy (non-hydrogen) atoms. The molecule has 1 aromatic heterocycles. The van der Waals surface area contributed by atoms with Gasteiger partial charge in [-0.2, -0.15) is 0 Å². The van der Waals surface area contributed by atoms with E-state index in [2.05, 4.69) is 17.2 Å². The average Bonchev–Trinajstić information content (AvgIpc) is 3.08. The first kappa shape index (κ1) is 14.1. The van der Waals surface area contributed by atoms with Gasteiger partial charge in [-0.25, -0.2) is 0 Å². The lowest BCUT2D eigenvalue weighted by Gasteiger charge is -2.08. The number of amides is 1. The van der Waals surface area contributed by atoms with Gasteiger partial charge in [0.2, 0.25) is 5.91 Å². The van der Waals surface area contributed by atoms with Gasteiger partial charge in [0.05, 0.1) is 13.2 Å². The maximum absolute atomic E-state index is 11.9. The van der Waals surface area contributed by atoms with E-state index >= 15 is 0 Å². The highest BCUT2D eigenvalue weighted by Gasteiger charge is 2.22. The number of rotatable bonds is 4. The van der Waals surface area contributed by atoms with Crippen LogP contribution in [0, 0.1) is 17.8 Å². The van der Waals surface area contributed by atoms with Crippen molar-refractivity contribution >= 4 is 17.2 Å². The smallest absolute Gasteiger partial charge is 0.223 e. The SMILES string of the molecule is O=C(NCc1cc(C#CCCO)cs1)C1CCCC1. The maximum Gasteiger partial charge on any atom is 0.223 e. The number of aliphatic hydroxyl groups excluding tert-OH is 1. The van der Waals surface area contributed by atoms with Crippen molar-refractivity contribution in [3.8, 4) is 11.8 Å². The van der Waals surface area contributed by atoms with Crippen LogP contribution >= 0.6 is 11.3 Å². The van der Waals surface area contributed by atoms with Crippen molar-refractivity contribution in [2.45, 2.75) is 38.6 Å². The molecule has 0 atom stereocenters. The van der Waals surface area contributed by atoms with Gasteiger partial charge in [0.15, 0.2) is 0 Å². The Morgan fingerprint density at radius 2 is 2.26 bits per heavy atom. The third-order valence-corrected chi connectivity index (χ3v) is 4.22. The summed E-state index contributed by atoms with van der Waals surface area (Å²) >= 11 is 1.61. The molecule has 0 aliphatic heterocycles. The number of hydrogen-bond acceptors (Lipinski definition) is 3. The van der Waals surface area contributed by atoms with Crippen molar-refractivity contribution in [1.29, 1.82) is 0 Å². The monoisotopic (exact) mass is 277 g/mol. The quantitative estimate of drug-likeness (QED) is 0.830. The normalized spacial score (nSPS) is 15.0. The number of aliphatic hydroxyl groups is 1. The van der Waals surface area contributed by atoms with Crippen LogP contribution in [0.25, 0.3) is 0 Å². The van der Waals surface area contributed by atoms with Crippen LogP contribution in [0.3, 0.4) is 0 Å². The van der Waals surface area contributed by atoms with E-state index < -0.39 is 0 Å². The van der Waals surface area contributed by atoms with E-state index in [-0.39, 0.29) is 18.4 Å². The first-order valence-corrected chi connectivity index (χ1v) is 7.62. The molecule has 2 N–H and O–H groups in total. The summed E-state index contributed by atoms with van der Waals surface area (Å²) in [6.45, 7) is 0.698. The third kappa shape index (κ3) is 4.38. The summed E-state index contributed by atoms with van der Waals surface area (Å²) in [5.41, 5.74) is 0.962. The van der Waals surface area contributed by atoms with E-state index in [9.17, 15) is 4.79 Å². The average molecular weight is 277 g/mol. The Morgan fingerprint density at radius 3 is 3.00 bits per heavy atom. The first-order valence-electron chi connectivity index (χ1n) is 6.74. The Balaban J connectivity index is 1.80. The highest BCUT2D eigenvalue weighted by molar-refractivity contribution is 7.10. The second kappa shape index (κ2) is 7.32. The molecular formula is C15H19NO2S. The minimum atomic E-state index is 0.0987. The molecular weight excluding hydrogens is 258 g/mol. The predicted octanol–water partition coefficient (Wildman–Crippen LogP) is 2.29. The Morgan fingerprint density at radius 1 is 1.47 bits per heavy atom. The molecule has 0 aromatic carbocycles. The van der Waals surface area contributed by atoms with Crippen molar-refractivity contribution in [2.24, 2.45) is 5.92 Å². The fourth-order valence-electron chi connectivity index (χ4n) is 2.27. The van der Waals surface area contributed by atoms with E-state index in [1.54, 1.807) is 11.3 Å². The zero-order chi connectivity index (χ0) is 13.5. The lowest BCUT2D eigenvalue weighted by molar-refractivity contribution is -0.124. The fraction of sp³-hybridized carbons (Fsp3) is 0.533. The van der Waals surface area contributed by atoms with Crippen LogP contribution in [0.4, 0.5) is 0 Å². The second-order valence-corrected chi connectivity index (χ2v) is 5.77. The van der Waals surface area contributed by atoms with Gasteiger partial charge < -0.3 is 10.4 Å². The minimum Gasteiger partial charge on any atom is -0.395 e. The molecule has 0 bridgehead atoms. The van der Waals surface area contributed by atoms with Crippen LogP contribution in [-0.2, 0) is 11.3 Å². The molecule has 1 heterocycles. The zero-order valence-electron chi connectivity index (χ0n) is 10.9. The van der Waals surface area contributed by atoms with E-state index in [4.69, 9.17) is 5.11 Å². The molecule has 102 valence electrons. The maximum atomic E-state index is 11.9. The summed E-state index contributed by atoms with van der Waals surface area (Å²) < 4.78 is 0. The summed E-state index contributed by atoms with van der Waals surface area (Å²) in [7, 11) is 0. The van der Waals surface area contributed by atoms with Gasteiger partial charge in [0.25, 0.3) is 0 Å². The predicted molar refractivity (Wildman–Crippen MR) is 76.7 cm³/mol. The Kier molecular flexibility index (Phi) is 5.44. The second-order valence-electron chi connectivity index (χ2n) is 4.78. The van der Waals surface area contributed by atoms with Gasteiger partial charge in [-0.1, -0.05) is 24.7 Å². The Labute approximate surface area is 118 Å². The zero-order valence-corrected chi connectivity index (χ0v) is 11.8. The molecule has 3 nitrogen and oxygen atoms in total. The molecule has 0 saturated heterocycles. The summed E-state index contributed by atoms with van der Waals surface area (Å²) in [6, 6.07) is 2.00. The van der Waals surface area contributed by atoms with Crippen molar-refractivity contribution in [3.63, 3.8) is 0 Å². The Hall–Kier alpha value is -1.31. The molecule has 1 saturated carbocycles. The Bertz CT molecular complexity index is 478. The third-order valence-electron chi connectivity index (χ3n) is 3.29. The van der Waals surface area contributed by atoms with Crippen molar-refractivity contribution in [2.75, 3.05) is 6.61 Å². The number of nitrogens with one attached hydrogen (secondary N) is 1.